The second kappa shape index (κ2) is 6.09. The van der Waals surface area contributed by atoms with Crippen LogP contribution >= 0.6 is 11.6 Å². The molecular weight excluding hydrogens is 304 g/mol. The Balaban J connectivity index is 2.51. The summed E-state index contributed by atoms with van der Waals surface area (Å²) in [6, 6.07) is 3.33. The molecule has 8 heteroatoms. The lowest BCUT2D eigenvalue weighted by Crippen LogP contribution is -2.07. The number of ether oxygens (including phenoxy) is 2. The zero-order chi connectivity index (χ0) is 15.6. The van der Waals surface area contributed by atoms with Crippen molar-refractivity contribution in [2.24, 2.45) is 0 Å². The summed E-state index contributed by atoms with van der Waals surface area (Å²) in [6.07, 6.45) is -1.87. The highest BCUT2D eigenvalue weighted by Gasteiger charge is 2.23. The molecule has 0 bridgehead atoms. The van der Waals surface area contributed by atoms with Gasteiger partial charge in [0.1, 0.15) is 5.82 Å². The molecular formula is C13H12ClF2N3O2. The van der Waals surface area contributed by atoms with Gasteiger partial charge in [-0.1, -0.05) is 11.6 Å². The topological polar surface area (TPSA) is 70.3 Å². The maximum Gasteiger partial charge on any atom is 0.220 e. The minimum atomic E-state index is -1.87. The van der Waals surface area contributed by atoms with Gasteiger partial charge >= 0.3 is 0 Å². The van der Waals surface area contributed by atoms with E-state index in [1.54, 1.807) is 0 Å². The molecule has 1 aromatic carbocycles. The van der Waals surface area contributed by atoms with Crippen LogP contribution in [0.4, 0.5) is 14.5 Å². The number of nitrogens with zero attached hydrogens (tertiary/aromatic N) is 2. The highest BCUT2D eigenvalue weighted by molar-refractivity contribution is 6.33. The van der Waals surface area contributed by atoms with Gasteiger partial charge in [-0.3, -0.25) is 0 Å². The Kier molecular flexibility index (Phi) is 4.42. The molecule has 0 saturated carbocycles. The number of alkyl halides is 1. The number of nitrogen functional groups attached to an aromatic ring is 1. The van der Waals surface area contributed by atoms with Gasteiger partial charge in [0.2, 0.25) is 11.8 Å². The number of nitrogens with two attached hydrogens (primary N) is 1. The normalized spacial score (nSPS) is 12.0. The first-order chi connectivity index (χ1) is 9.96. The zero-order valence-electron chi connectivity index (χ0n) is 11.2. The van der Waals surface area contributed by atoms with E-state index < -0.39 is 12.0 Å². The molecule has 2 aromatic rings. The van der Waals surface area contributed by atoms with Gasteiger partial charge in [0.15, 0.2) is 12.0 Å². The quantitative estimate of drug-likeness (QED) is 0.878. The molecule has 0 saturated heterocycles. The second-order valence-corrected chi connectivity index (χ2v) is 4.47. The van der Waals surface area contributed by atoms with E-state index in [4.69, 9.17) is 26.8 Å². The second-order valence-electron chi connectivity index (χ2n) is 4.06. The fraction of sp³-hybridized carbons (Fsp3) is 0.231. The van der Waals surface area contributed by atoms with Crippen molar-refractivity contribution in [3.8, 4) is 11.8 Å². The van der Waals surface area contributed by atoms with Crippen molar-refractivity contribution in [1.29, 1.82) is 0 Å². The number of halogens is 3. The Morgan fingerprint density at radius 1 is 1.14 bits per heavy atom. The number of methoxy groups -OCH3 is 2. The van der Waals surface area contributed by atoms with Gasteiger partial charge in [-0.25, -0.2) is 8.78 Å². The van der Waals surface area contributed by atoms with E-state index in [9.17, 15) is 8.78 Å². The molecule has 1 atom stereocenters. The zero-order valence-corrected chi connectivity index (χ0v) is 12.0. The monoisotopic (exact) mass is 315 g/mol. The lowest BCUT2D eigenvalue weighted by Gasteiger charge is -2.13. The summed E-state index contributed by atoms with van der Waals surface area (Å²) < 4.78 is 37.8. The summed E-state index contributed by atoms with van der Waals surface area (Å²) in [5, 5.41) is -0.0810. The Labute approximate surface area is 124 Å². The average molecular weight is 316 g/mol. The molecule has 0 aliphatic carbocycles. The third kappa shape index (κ3) is 3.13. The third-order valence-electron chi connectivity index (χ3n) is 2.74. The summed E-state index contributed by atoms with van der Waals surface area (Å²) >= 11 is 5.75. The molecule has 112 valence electrons. The molecule has 0 spiro atoms. The molecule has 21 heavy (non-hydrogen) atoms. The van der Waals surface area contributed by atoms with Crippen molar-refractivity contribution in [2.75, 3.05) is 20.0 Å². The van der Waals surface area contributed by atoms with Crippen LogP contribution < -0.4 is 15.2 Å². The van der Waals surface area contributed by atoms with Crippen LogP contribution in [0.15, 0.2) is 18.2 Å². The van der Waals surface area contributed by atoms with Crippen LogP contribution in [-0.4, -0.2) is 24.2 Å². The van der Waals surface area contributed by atoms with Crippen molar-refractivity contribution < 1.29 is 18.3 Å². The Hall–Kier alpha value is -2.15. The van der Waals surface area contributed by atoms with Gasteiger partial charge in [0.05, 0.1) is 31.0 Å². The van der Waals surface area contributed by atoms with Crippen molar-refractivity contribution in [2.45, 2.75) is 6.17 Å². The standard InChI is InChI=1S/C13H12ClF2N3O2/c1-20-9-5-10(21-2)19-13(18-9)11(16)7-3-6(15)4-8(14)12(7)17/h3-5,11H,17H2,1-2H3. The molecule has 1 heterocycles. The highest BCUT2D eigenvalue weighted by atomic mass is 35.5. The van der Waals surface area contributed by atoms with Gasteiger partial charge < -0.3 is 15.2 Å². The van der Waals surface area contributed by atoms with Gasteiger partial charge in [0.25, 0.3) is 0 Å². The van der Waals surface area contributed by atoms with Crippen LogP contribution in [0.1, 0.15) is 17.6 Å². The van der Waals surface area contributed by atoms with Crippen LogP contribution in [0.2, 0.25) is 5.02 Å². The maximum absolute atomic E-state index is 14.6. The van der Waals surface area contributed by atoms with Gasteiger partial charge in [-0.15, -0.1) is 0 Å². The largest absolute Gasteiger partial charge is 0.481 e. The number of anilines is 1. The average Bonchev–Trinajstić information content (AvgIpc) is 2.49. The first kappa shape index (κ1) is 15.2. The molecule has 0 fully saturated rings. The van der Waals surface area contributed by atoms with Gasteiger partial charge in [-0.2, -0.15) is 9.97 Å². The molecule has 2 rings (SSSR count). The summed E-state index contributed by atoms with van der Waals surface area (Å²) in [5.74, 6) is -0.748. The number of aromatic nitrogens is 2. The van der Waals surface area contributed by atoms with Crippen LogP contribution in [0.25, 0.3) is 0 Å². The molecule has 0 aliphatic rings. The predicted octanol–water partition coefficient (Wildman–Crippen LogP) is 2.93. The molecule has 2 N–H and O–H groups in total. The number of hydrogen-bond acceptors (Lipinski definition) is 5. The summed E-state index contributed by atoms with van der Waals surface area (Å²) in [4.78, 5) is 7.73. The van der Waals surface area contributed by atoms with E-state index in [0.29, 0.717) is 0 Å². The lowest BCUT2D eigenvalue weighted by atomic mass is 10.1. The van der Waals surface area contributed by atoms with Crippen LogP contribution in [0, 0.1) is 5.82 Å². The molecule has 0 aliphatic heterocycles. The summed E-state index contributed by atoms with van der Waals surface area (Å²) in [5.41, 5.74) is 5.44. The van der Waals surface area contributed by atoms with E-state index in [0.717, 1.165) is 12.1 Å². The lowest BCUT2D eigenvalue weighted by molar-refractivity contribution is 0.341. The molecule has 1 aromatic heterocycles. The van der Waals surface area contributed by atoms with Gasteiger partial charge in [-0.05, 0) is 12.1 Å². The first-order valence-electron chi connectivity index (χ1n) is 5.81. The highest BCUT2D eigenvalue weighted by Crippen LogP contribution is 2.34. The summed E-state index contributed by atoms with van der Waals surface area (Å²) in [7, 11) is 2.73. The van der Waals surface area contributed by atoms with Crippen molar-refractivity contribution >= 4 is 17.3 Å². The maximum atomic E-state index is 14.6. The fourth-order valence-corrected chi connectivity index (χ4v) is 1.91. The SMILES string of the molecule is COc1cc(OC)nc(C(F)c2cc(F)cc(Cl)c2N)n1. The summed E-state index contributed by atoms with van der Waals surface area (Å²) in [6.45, 7) is 0. The minimum absolute atomic E-state index is 0.0732. The van der Waals surface area contributed by atoms with Gasteiger partial charge in [0, 0.05) is 5.56 Å². The Bertz CT molecular complexity index is 648. The number of hydrogen-bond donors (Lipinski definition) is 1. The van der Waals surface area contributed by atoms with Crippen LogP contribution in [0.3, 0.4) is 0 Å². The predicted molar refractivity (Wildman–Crippen MR) is 73.9 cm³/mol. The van der Waals surface area contributed by atoms with E-state index in [1.807, 2.05) is 0 Å². The van der Waals surface area contributed by atoms with E-state index in [2.05, 4.69) is 9.97 Å². The molecule has 1 unspecified atom stereocenters. The van der Waals surface area contributed by atoms with Crippen molar-refractivity contribution in [3.63, 3.8) is 0 Å². The third-order valence-corrected chi connectivity index (χ3v) is 3.05. The smallest absolute Gasteiger partial charge is 0.220 e. The van der Waals surface area contributed by atoms with E-state index in [1.165, 1.54) is 20.3 Å². The van der Waals surface area contributed by atoms with Crippen molar-refractivity contribution in [3.05, 3.63) is 40.4 Å². The Morgan fingerprint density at radius 3 is 2.24 bits per heavy atom. The van der Waals surface area contributed by atoms with Crippen LogP contribution in [-0.2, 0) is 0 Å². The molecule has 0 amide bonds. The van der Waals surface area contributed by atoms with Crippen LogP contribution in [0.5, 0.6) is 11.8 Å². The molecule has 5 nitrogen and oxygen atoms in total. The number of benzene rings is 1. The fourth-order valence-electron chi connectivity index (χ4n) is 1.70. The number of rotatable bonds is 4. The minimum Gasteiger partial charge on any atom is -0.481 e. The Morgan fingerprint density at radius 2 is 1.71 bits per heavy atom. The first-order valence-corrected chi connectivity index (χ1v) is 6.19. The van der Waals surface area contributed by atoms with Crippen molar-refractivity contribution in [1.82, 2.24) is 9.97 Å². The van der Waals surface area contributed by atoms with E-state index >= 15 is 0 Å². The molecule has 0 radical (unpaired) electrons. The van der Waals surface area contributed by atoms with E-state index in [-0.39, 0.29) is 33.9 Å².